The van der Waals surface area contributed by atoms with E-state index in [2.05, 4.69) is 49.3 Å². The fourth-order valence-corrected chi connectivity index (χ4v) is 4.05. The van der Waals surface area contributed by atoms with E-state index in [1.165, 1.54) is 0 Å². The maximum Gasteiger partial charge on any atom is 0.239 e. The number of benzene rings is 3. The molecule has 0 radical (unpaired) electrons. The average molecular weight is 457 g/mol. The van der Waals surface area contributed by atoms with Gasteiger partial charge in [0.05, 0.1) is 0 Å². The van der Waals surface area contributed by atoms with E-state index in [0.717, 1.165) is 31.3 Å². The Hall–Kier alpha value is -1.91. The molecule has 4 rings (SSSR count). The fourth-order valence-electron chi connectivity index (χ4n) is 3.52. The SMILES string of the molecule is O=C1Nc2ccccc2[C@@]1(Cc1ccc(Br)cc1)c1ccc(Br)cc1. The highest BCUT2D eigenvalue weighted by molar-refractivity contribution is 9.10. The number of amides is 1. The molecular weight excluding hydrogens is 442 g/mol. The summed E-state index contributed by atoms with van der Waals surface area (Å²) in [4.78, 5) is 13.2. The zero-order chi connectivity index (χ0) is 17.4. The quantitative estimate of drug-likeness (QED) is 0.538. The van der Waals surface area contributed by atoms with Crippen LogP contribution in [0.15, 0.2) is 81.7 Å². The number of fused-ring (bicyclic) bond motifs is 1. The van der Waals surface area contributed by atoms with E-state index in [-0.39, 0.29) is 5.91 Å². The van der Waals surface area contributed by atoms with Gasteiger partial charge in [-0.05, 0) is 53.4 Å². The van der Waals surface area contributed by atoms with Gasteiger partial charge < -0.3 is 5.32 Å². The van der Waals surface area contributed by atoms with Gasteiger partial charge in [-0.25, -0.2) is 0 Å². The van der Waals surface area contributed by atoms with Gasteiger partial charge in [0, 0.05) is 14.6 Å². The summed E-state index contributed by atoms with van der Waals surface area (Å²) in [5.41, 5.74) is 3.34. The first-order valence-corrected chi connectivity index (χ1v) is 9.60. The van der Waals surface area contributed by atoms with E-state index in [9.17, 15) is 4.79 Å². The zero-order valence-corrected chi connectivity index (χ0v) is 16.5. The van der Waals surface area contributed by atoms with Crippen LogP contribution in [0.2, 0.25) is 0 Å². The summed E-state index contributed by atoms with van der Waals surface area (Å²) in [5, 5.41) is 3.07. The Morgan fingerprint density at radius 2 is 1.40 bits per heavy atom. The highest BCUT2D eigenvalue weighted by Crippen LogP contribution is 2.45. The lowest BCUT2D eigenvalue weighted by Crippen LogP contribution is -2.38. The second-order valence-electron chi connectivity index (χ2n) is 6.22. The van der Waals surface area contributed by atoms with Gasteiger partial charge in [0.25, 0.3) is 0 Å². The molecule has 0 saturated carbocycles. The highest BCUT2D eigenvalue weighted by Gasteiger charge is 2.48. The summed E-state index contributed by atoms with van der Waals surface area (Å²) >= 11 is 6.97. The molecule has 25 heavy (non-hydrogen) atoms. The Morgan fingerprint density at radius 1 is 0.800 bits per heavy atom. The van der Waals surface area contributed by atoms with Crippen molar-refractivity contribution in [2.45, 2.75) is 11.8 Å². The van der Waals surface area contributed by atoms with Crippen LogP contribution in [0, 0.1) is 0 Å². The number of hydrogen-bond donors (Lipinski definition) is 1. The fraction of sp³-hybridized carbons (Fsp3) is 0.0952. The molecule has 3 aromatic carbocycles. The molecule has 1 aliphatic heterocycles. The standard InChI is InChI=1S/C21H15Br2NO/c22-16-9-5-14(6-10-16)13-21(15-7-11-17(23)12-8-15)18-3-1-2-4-19(18)24-20(21)25/h1-12H,13H2,(H,24,25)/t21-/m1/s1. The molecule has 1 aliphatic rings. The van der Waals surface area contributed by atoms with Crippen molar-refractivity contribution in [2.75, 3.05) is 5.32 Å². The molecule has 124 valence electrons. The first-order valence-electron chi connectivity index (χ1n) is 8.01. The number of para-hydroxylation sites is 1. The molecule has 1 amide bonds. The molecule has 1 heterocycles. The number of halogens is 2. The summed E-state index contributed by atoms with van der Waals surface area (Å²) in [6, 6.07) is 24.2. The lowest BCUT2D eigenvalue weighted by molar-refractivity contribution is -0.119. The van der Waals surface area contributed by atoms with Crippen molar-refractivity contribution in [3.8, 4) is 0 Å². The minimum absolute atomic E-state index is 0.0268. The van der Waals surface area contributed by atoms with Gasteiger partial charge in [0.1, 0.15) is 5.41 Å². The molecule has 0 unspecified atom stereocenters. The molecule has 0 saturated heterocycles. The van der Waals surface area contributed by atoms with Crippen LogP contribution in [0.5, 0.6) is 0 Å². The van der Waals surface area contributed by atoms with Crippen molar-refractivity contribution in [3.63, 3.8) is 0 Å². The zero-order valence-electron chi connectivity index (χ0n) is 13.3. The molecule has 3 aromatic rings. The van der Waals surface area contributed by atoms with E-state index >= 15 is 0 Å². The molecule has 1 N–H and O–H groups in total. The minimum Gasteiger partial charge on any atom is -0.325 e. The molecule has 0 spiro atoms. The normalized spacial score (nSPS) is 18.7. The largest absolute Gasteiger partial charge is 0.325 e. The van der Waals surface area contributed by atoms with Crippen LogP contribution >= 0.6 is 31.9 Å². The first-order chi connectivity index (χ1) is 12.1. The third-order valence-electron chi connectivity index (χ3n) is 4.74. The molecule has 0 aliphatic carbocycles. The van der Waals surface area contributed by atoms with Crippen molar-refractivity contribution < 1.29 is 4.79 Å². The van der Waals surface area contributed by atoms with Crippen molar-refractivity contribution >= 4 is 43.5 Å². The number of anilines is 1. The summed E-state index contributed by atoms with van der Waals surface area (Å²) in [6.07, 6.45) is 0.616. The second-order valence-corrected chi connectivity index (χ2v) is 8.05. The number of rotatable bonds is 3. The van der Waals surface area contributed by atoms with Crippen LogP contribution in [0.1, 0.15) is 16.7 Å². The molecule has 0 aromatic heterocycles. The number of carbonyl (C=O) groups excluding carboxylic acids is 1. The van der Waals surface area contributed by atoms with Crippen molar-refractivity contribution in [1.29, 1.82) is 0 Å². The van der Waals surface area contributed by atoms with Gasteiger partial charge in [-0.2, -0.15) is 0 Å². The van der Waals surface area contributed by atoms with Gasteiger partial charge >= 0.3 is 0 Å². The van der Waals surface area contributed by atoms with Crippen LogP contribution in [0.25, 0.3) is 0 Å². The molecule has 0 bridgehead atoms. The van der Waals surface area contributed by atoms with Crippen LogP contribution in [0.4, 0.5) is 5.69 Å². The van der Waals surface area contributed by atoms with Crippen LogP contribution in [-0.2, 0) is 16.6 Å². The molecule has 4 heteroatoms. The molecule has 2 nitrogen and oxygen atoms in total. The third kappa shape index (κ3) is 2.83. The lowest BCUT2D eigenvalue weighted by Gasteiger charge is -2.28. The van der Waals surface area contributed by atoms with Gasteiger partial charge in [0.2, 0.25) is 5.91 Å². The predicted octanol–water partition coefficient (Wildman–Crippen LogP) is 5.69. The average Bonchev–Trinajstić information content (AvgIpc) is 2.90. The van der Waals surface area contributed by atoms with E-state index < -0.39 is 5.41 Å². The van der Waals surface area contributed by atoms with Crippen molar-refractivity contribution in [1.82, 2.24) is 0 Å². The first kappa shape index (κ1) is 16.6. The van der Waals surface area contributed by atoms with E-state index in [4.69, 9.17) is 0 Å². The Bertz CT molecular complexity index is 935. The minimum atomic E-state index is -0.717. The van der Waals surface area contributed by atoms with E-state index in [1.807, 2.05) is 60.7 Å². The summed E-state index contributed by atoms with van der Waals surface area (Å²) < 4.78 is 2.03. The Labute approximate surface area is 163 Å². The van der Waals surface area contributed by atoms with E-state index in [0.29, 0.717) is 6.42 Å². The summed E-state index contributed by atoms with van der Waals surface area (Å²) in [6.45, 7) is 0. The lowest BCUT2D eigenvalue weighted by atomic mass is 9.71. The summed E-state index contributed by atoms with van der Waals surface area (Å²) in [7, 11) is 0. The number of carbonyl (C=O) groups is 1. The molecular formula is C21H15Br2NO. The molecule has 0 fully saturated rings. The summed E-state index contributed by atoms with van der Waals surface area (Å²) in [5.74, 6) is 0.0268. The number of nitrogens with one attached hydrogen (secondary N) is 1. The van der Waals surface area contributed by atoms with E-state index in [1.54, 1.807) is 0 Å². The van der Waals surface area contributed by atoms with Crippen molar-refractivity contribution in [3.05, 3.63) is 98.4 Å². The Morgan fingerprint density at radius 3 is 2.08 bits per heavy atom. The van der Waals surface area contributed by atoms with Crippen molar-refractivity contribution in [2.24, 2.45) is 0 Å². The van der Waals surface area contributed by atoms with Crippen LogP contribution in [0.3, 0.4) is 0 Å². The smallest absolute Gasteiger partial charge is 0.239 e. The van der Waals surface area contributed by atoms with Crippen LogP contribution in [-0.4, -0.2) is 5.91 Å². The second kappa shape index (κ2) is 6.43. The van der Waals surface area contributed by atoms with Crippen LogP contribution < -0.4 is 5.32 Å². The van der Waals surface area contributed by atoms with Gasteiger partial charge in [0.15, 0.2) is 0 Å². The Balaban J connectivity index is 1.91. The van der Waals surface area contributed by atoms with Gasteiger partial charge in [-0.3, -0.25) is 4.79 Å². The van der Waals surface area contributed by atoms with Gasteiger partial charge in [-0.1, -0.05) is 74.3 Å². The predicted molar refractivity (Wildman–Crippen MR) is 108 cm³/mol. The Kier molecular flexibility index (Phi) is 4.26. The molecule has 1 atom stereocenters. The monoisotopic (exact) mass is 455 g/mol. The number of hydrogen-bond acceptors (Lipinski definition) is 1. The maximum absolute atomic E-state index is 13.2. The highest BCUT2D eigenvalue weighted by atomic mass is 79.9. The topological polar surface area (TPSA) is 29.1 Å². The maximum atomic E-state index is 13.2. The third-order valence-corrected chi connectivity index (χ3v) is 5.80. The van der Waals surface area contributed by atoms with Gasteiger partial charge in [-0.15, -0.1) is 0 Å².